The van der Waals surface area contributed by atoms with Crippen LogP contribution in [0.3, 0.4) is 0 Å². The number of nitrogens with zero attached hydrogens (tertiary/aromatic N) is 5. The Bertz CT molecular complexity index is 996. The van der Waals surface area contributed by atoms with Crippen LogP contribution in [0.25, 0.3) is 0 Å². The van der Waals surface area contributed by atoms with Crippen LogP contribution in [0.2, 0.25) is 0 Å². The summed E-state index contributed by atoms with van der Waals surface area (Å²) in [5, 5.41) is 6.23. The van der Waals surface area contributed by atoms with Crippen molar-refractivity contribution in [3.63, 3.8) is 0 Å². The third-order valence-electron chi connectivity index (χ3n) is 5.03. The maximum Gasteiger partial charge on any atom is 0.291 e. The minimum Gasteiger partial charge on any atom is -0.459 e. The molecule has 3 heterocycles. The number of carbonyl (C=O) groups is 1. The molecule has 1 fully saturated rings. The largest absolute Gasteiger partial charge is 0.459 e. The molecule has 0 spiro atoms. The Balaban J connectivity index is 1.26. The van der Waals surface area contributed by atoms with Gasteiger partial charge in [-0.25, -0.2) is 9.97 Å². The molecule has 9 heteroatoms. The zero-order valence-corrected chi connectivity index (χ0v) is 17.4. The monoisotopic (exact) mass is 419 g/mol. The first-order valence-electron chi connectivity index (χ1n) is 10.1. The standard InChI is InChI=1S/C22H25N7O2/c1-23-21(28-11-13-29(14-12-28)22-24-9-3-10-25-22)26-16-17-5-7-18(8-6-17)27-20(30)19-4-2-15-31-19/h2-10,15H,11-14,16H2,1H3,(H,23,26)(H,27,30). The zero-order valence-electron chi connectivity index (χ0n) is 17.4. The third-order valence-corrected chi connectivity index (χ3v) is 5.03. The second-order valence-electron chi connectivity index (χ2n) is 7.05. The molecule has 2 aromatic heterocycles. The molecule has 3 aromatic rings. The summed E-state index contributed by atoms with van der Waals surface area (Å²) in [5.41, 5.74) is 1.81. The molecule has 1 aliphatic heterocycles. The number of carbonyl (C=O) groups excluding carboxylic acids is 1. The van der Waals surface area contributed by atoms with E-state index in [0.29, 0.717) is 12.2 Å². The van der Waals surface area contributed by atoms with Gasteiger partial charge in [0.15, 0.2) is 11.7 Å². The maximum absolute atomic E-state index is 12.1. The van der Waals surface area contributed by atoms with Crippen LogP contribution in [-0.4, -0.2) is 60.0 Å². The number of rotatable bonds is 5. The number of guanidine groups is 1. The van der Waals surface area contributed by atoms with Gasteiger partial charge in [0.25, 0.3) is 5.91 Å². The van der Waals surface area contributed by atoms with Crippen molar-refractivity contribution in [2.24, 2.45) is 4.99 Å². The average molecular weight is 419 g/mol. The molecular weight excluding hydrogens is 394 g/mol. The fourth-order valence-corrected chi connectivity index (χ4v) is 3.39. The van der Waals surface area contributed by atoms with Crippen LogP contribution in [0, 0.1) is 0 Å². The highest BCUT2D eigenvalue weighted by Gasteiger charge is 2.21. The quantitative estimate of drug-likeness (QED) is 0.483. The zero-order chi connectivity index (χ0) is 21.5. The van der Waals surface area contributed by atoms with E-state index in [9.17, 15) is 4.79 Å². The number of furan rings is 1. The van der Waals surface area contributed by atoms with E-state index in [0.717, 1.165) is 43.7 Å². The Morgan fingerprint density at radius 2 is 1.81 bits per heavy atom. The van der Waals surface area contributed by atoms with Gasteiger partial charge < -0.3 is 24.9 Å². The molecule has 1 aromatic carbocycles. The van der Waals surface area contributed by atoms with E-state index in [4.69, 9.17) is 4.42 Å². The highest BCUT2D eigenvalue weighted by atomic mass is 16.3. The highest BCUT2D eigenvalue weighted by molar-refractivity contribution is 6.02. The summed E-state index contributed by atoms with van der Waals surface area (Å²) in [5.74, 6) is 1.65. The van der Waals surface area contributed by atoms with Crippen LogP contribution < -0.4 is 15.5 Å². The lowest BCUT2D eigenvalue weighted by Crippen LogP contribution is -2.52. The number of hydrogen-bond donors (Lipinski definition) is 2. The molecule has 0 unspecified atom stereocenters. The van der Waals surface area contributed by atoms with Crippen molar-refractivity contribution in [3.8, 4) is 0 Å². The van der Waals surface area contributed by atoms with Gasteiger partial charge >= 0.3 is 0 Å². The number of anilines is 2. The maximum atomic E-state index is 12.1. The normalized spacial score (nSPS) is 14.4. The number of nitrogens with one attached hydrogen (secondary N) is 2. The molecule has 0 bridgehead atoms. The van der Waals surface area contributed by atoms with Gasteiger partial charge in [-0.3, -0.25) is 9.79 Å². The van der Waals surface area contributed by atoms with Crippen LogP contribution in [0.5, 0.6) is 0 Å². The molecule has 0 radical (unpaired) electrons. The number of aliphatic imine (C=N–C) groups is 1. The van der Waals surface area contributed by atoms with Gasteiger partial charge in [-0.1, -0.05) is 12.1 Å². The van der Waals surface area contributed by atoms with Gasteiger partial charge in [0.2, 0.25) is 5.95 Å². The molecule has 1 saturated heterocycles. The molecule has 160 valence electrons. The number of amides is 1. The summed E-state index contributed by atoms with van der Waals surface area (Å²) in [4.78, 5) is 29.5. The van der Waals surface area contributed by atoms with Crippen molar-refractivity contribution in [2.75, 3.05) is 43.4 Å². The number of benzene rings is 1. The average Bonchev–Trinajstić information content (AvgIpc) is 3.37. The van der Waals surface area contributed by atoms with Gasteiger partial charge in [-0.15, -0.1) is 0 Å². The van der Waals surface area contributed by atoms with E-state index in [2.05, 4.69) is 35.4 Å². The Labute approximate surface area is 180 Å². The van der Waals surface area contributed by atoms with Gasteiger partial charge in [0, 0.05) is 57.9 Å². The number of hydrogen-bond acceptors (Lipinski definition) is 6. The molecule has 0 atom stereocenters. The molecule has 1 amide bonds. The third kappa shape index (κ3) is 5.19. The Morgan fingerprint density at radius 3 is 2.45 bits per heavy atom. The second-order valence-corrected chi connectivity index (χ2v) is 7.05. The fourth-order valence-electron chi connectivity index (χ4n) is 3.39. The van der Waals surface area contributed by atoms with Gasteiger partial charge in [-0.2, -0.15) is 0 Å². The molecule has 1 aliphatic rings. The summed E-state index contributed by atoms with van der Waals surface area (Å²) < 4.78 is 5.11. The topological polar surface area (TPSA) is 98.9 Å². The molecule has 0 aliphatic carbocycles. The smallest absolute Gasteiger partial charge is 0.291 e. The fraction of sp³-hybridized carbons (Fsp3) is 0.273. The minimum absolute atomic E-state index is 0.267. The van der Waals surface area contributed by atoms with E-state index in [1.165, 1.54) is 6.26 Å². The Kier molecular flexibility index (Phi) is 6.41. The first-order valence-corrected chi connectivity index (χ1v) is 10.1. The summed E-state index contributed by atoms with van der Waals surface area (Å²) in [6.45, 7) is 4.01. The second kappa shape index (κ2) is 9.75. The van der Waals surface area contributed by atoms with E-state index >= 15 is 0 Å². The van der Waals surface area contributed by atoms with Gasteiger partial charge in [-0.05, 0) is 35.9 Å². The van der Waals surface area contributed by atoms with Crippen molar-refractivity contribution in [1.29, 1.82) is 0 Å². The first kappa shape index (κ1) is 20.4. The number of aromatic nitrogens is 2. The molecule has 4 rings (SSSR count). The summed E-state index contributed by atoms with van der Waals surface area (Å²) in [7, 11) is 1.79. The van der Waals surface area contributed by atoms with Crippen LogP contribution in [0.4, 0.5) is 11.6 Å². The van der Waals surface area contributed by atoms with E-state index in [1.807, 2.05) is 30.3 Å². The first-order chi connectivity index (χ1) is 15.2. The van der Waals surface area contributed by atoms with Crippen molar-refractivity contribution < 1.29 is 9.21 Å². The Morgan fingerprint density at radius 1 is 1.06 bits per heavy atom. The van der Waals surface area contributed by atoms with Gasteiger partial charge in [0.1, 0.15) is 0 Å². The molecular formula is C22H25N7O2. The Hall–Kier alpha value is -3.88. The lowest BCUT2D eigenvalue weighted by atomic mass is 10.2. The van der Waals surface area contributed by atoms with Crippen LogP contribution >= 0.6 is 0 Å². The van der Waals surface area contributed by atoms with E-state index < -0.39 is 0 Å². The summed E-state index contributed by atoms with van der Waals surface area (Å²) in [6, 6.07) is 12.8. The van der Waals surface area contributed by atoms with Crippen LogP contribution in [0.1, 0.15) is 16.1 Å². The predicted octanol–water partition coefficient (Wildman–Crippen LogP) is 2.22. The SMILES string of the molecule is CN=C(NCc1ccc(NC(=O)c2ccco2)cc1)N1CCN(c2ncccn2)CC1. The van der Waals surface area contributed by atoms with E-state index in [1.54, 1.807) is 31.6 Å². The van der Waals surface area contributed by atoms with E-state index in [-0.39, 0.29) is 11.7 Å². The lowest BCUT2D eigenvalue weighted by molar-refractivity contribution is 0.0996. The van der Waals surface area contributed by atoms with Crippen molar-refractivity contribution in [3.05, 3.63) is 72.4 Å². The lowest BCUT2D eigenvalue weighted by Gasteiger charge is -2.36. The molecule has 31 heavy (non-hydrogen) atoms. The molecule has 0 saturated carbocycles. The summed E-state index contributed by atoms with van der Waals surface area (Å²) >= 11 is 0. The minimum atomic E-state index is -0.267. The van der Waals surface area contributed by atoms with Crippen molar-refractivity contribution >= 4 is 23.5 Å². The predicted molar refractivity (Wildman–Crippen MR) is 119 cm³/mol. The van der Waals surface area contributed by atoms with Crippen LogP contribution in [0.15, 0.2) is 70.5 Å². The summed E-state index contributed by atoms with van der Waals surface area (Å²) in [6.07, 6.45) is 5.01. The van der Waals surface area contributed by atoms with Gasteiger partial charge in [0.05, 0.1) is 6.26 Å². The van der Waals surface area contributed by atoms with Crippen molar-refractivity contribution in [2.45, 2.75) is 6.54 Å². The number of piperazine rings is 1. The van der Waals surface area contributed by atoms with Crippen LogP contribution in [-0.2, 0) is 6.54 Å². The van der Waals surface area contributed by atoms with Crippen molar-refractivity contribution in [1.82, 2.24) is 20.2 Å². The molecule has 9 nitrogen and oxygen atoms in total. The molecule has 2 N–H and O–H groups in total. The highest BCUT2D eigenvalue weighted by Crippen LogP contribution is 2.13.